The second-order valence-corrected chi connectivity index (χ2v) is 6.41. The maximum Gasteiger partial charge on any atom is 0.319 e. The molecule has 0 saturated heterocycles. The van der Waals surface area contributed by atoms with E-state index in [0.717, 1.165) is 11.6 Å². The summed E-state index contributed by atoms with van der Waals surface area (Å²) in [7, 11) is 0. The van der Waals surface area contributed by atoms with E-state index in [-0.39, 0.29) is 26.4 Å². The third-order valence-corrected chi connectivity index (χ3v) is 4.17. The van der Waals surface area contributed by atoms with E-state index in [4.69, 9.17) is 9.84 Å². The Balaban J connectivity index is 2.39. The van der Waals surface area contributed by atoms with Crippen LogP contribution >= 0.6 is 0 Å². The van der Waals surface area contributed by atoms with Crippen LogP contribution in [0.2, 0.25) is 0 Å². The molecule has 3 N–H and O–H groups in total. The van der Waals surface area contributed by atoms with Gasteiger partial charge in [0.05, 0.1) is 36.6 Å². The van der Waals surface area contributed by atoms with Gasteiger partial charge >= 0.3 is 5.91 Å². The van der Waals surface area contributed by atoms with Gasteiger partial charge in [0, 0.05) is 17.4 Å². The molecule has 160 valence electrons. The van der Waals surface area contributed by atoms with Crippen LogP contribution in [0.25, 0.3) is 0 Å². The number of hydrogen-bond acceptors (Lipinski definition) is 6. The normalized spacial score (nSPS) is 10.6. The van der Waals surface area contributed by atoms with E-state index in [1.165, 1.54) is 0 Å². The Morgan fingerprint density at radius 1 is 1.10 bits per heavy atom. The molecule has 0 atom stereocenters. The number of aliphatic hydroxyl groups is 1. The zero-order valence-electron chi connectivity index (χ0n) is 16.4. The molecule has 0 unspecified atom stereocenters. The number of ether oxygens (including phenoxy) is 1. The fourth-order valence-corrected chi connectivity index (χ4v) is 2.72. The summed E-state index contributed by atoms with van der Waals surface area (Å²) in [5.41, 5.74) is 0.0878. The number of benzene rings is 2. The molecule has 2 amide bonds. The summed E-state index contributed by atoms with van der Waals surface area (Å²) in [5, 5.41) is 15.8. The quantitative estimate of drug-likeness (QED) is 0.423. The molecule has 0 aromatic heterocycles. The van der Waals surface area contributed by atoms with Crippen LogP contribution in [0, 0.1) is 30.4 Å². The minimum absolute atomic E-state index is 0.0322. The van der Waals surface area contributed by atoms with Crippen molar-refractivity contribution < 1.29 is 28.2 Å². The number of nitroso groups, excluding NO2 is 1. The number of amides is 2. The second-order valence-electron chi connectivity index (χ2n) is 6.41. The molecule has 2 aromatic carbocycles. The van der Waals surface area contributed by atoms with Crippen molar-refractivity contribution in [3.05, 3.63) is 63.1 Å². The zero-order valence-corrected chi connectivity index (χ0v) is 16.4. The average Bonchev–Trinajstić information content (AvgIpc) is 2.72. The van der Waals surface area contributed by atoms with Crippen LogP contribution < -0.4 is 10.6 Å². The molecule has 0 spiro atoms. The van der Waals surface area contributed by atoms with Gasteiger partial charge in [0.1, 0.15) is 0 Å². The van der Waals surface area contributed by atoms with Crippen LogP contribution in [0.5, 0.6) is 0 Å². The van der Waals surface area contributed by atoms with Gasteiger partial charge in [0.25, 0.3) is 5.91 Å². The number of rotatable bonds is 9. The van der Waals surface area contributed by atoms with Crippen molar-refractivity contribution in [3.8, 4) is 0 Å². The lowest BCUT2D eigenvalue weighted by Crippen LogP contribution is -2.29. The fraction of sp³-hybridized carbons (Fsp3) is 0.300. The molecule has 10 heteroatoms. The van der Waals surface area contributed by atoms with Crippen molar-refractivity contribution >= 4 is 23.2 Å². The van der Waals surface area contributed by atoms with Gasteiger partial charge in [-0.05, 0) is 31.5 Å². The minimum atomic E-state index is -1.49. The molecule has 2 aromatic rings. The van der Waals surface area contributed by atoms with Crippen molar-refractivity contribution in [2.45, 2.75) is 13.8 Å². The topological polar surface area (TPSA) is 117 Å². The lowest BCUT2D eigenvalue weighted by Gasteiger charge is -2.16. The molecule has 8 nitrogen and oxygen atoms in total. The minimum Gasteiger partial charge on any atom is -0.394 e. The van der Waals surface area contributed by atoms with Gasteiger partial charge in [-0.2, -0.15) is 0 Å². The van der Waals surface area contributed by atoms with E-state index in [1.807, 2.05) is 6.92 Å². The maximum atomic E-state index is 14.8. The number of hydrogen-bond donors (Lipinski definition) is 3. The van der Waals surface area contributed by atoms with Crippen LogP contribution in [-0.2, 0) is 4.74 Å². The number of aliphatic hydroxyl groups excluding tert-OH is 1. The molecule has 2 rings (SSSR count). The van der Waals surface area contributed by atoms with E-state index < -0.39 is 40.3 Å². The monoisotopic (exact) mass is 421 g/mol. The Labute approximate surface area is 171 Å². The summed E-state index contributed by atoms with van der Waals surface area (Å²) in [6, 6.07) is 5.90. The Bertz CT molecular complexity index is 966. The number of anilines is 2. The third-order valence-electron chi connectivity index (χ3n) is 4.17. The fourth-order valence-electron chi connectivity index (χ4n) is 2.72. The molecule has 0 radical (unpaired) electrons. The first kappa shape index (κ1) is 23.0. The lowest BCUT2D eigenvalue weighted by atomic mass is 10.0. The smallest absolute Gasteiger partial charge is 0.319 e. The highest BCUT2D eigenvalue weighted by Crippen LogP contribution is 2.31. The molecule has 0 bridgehead atoms. The number of carbonyl (C=O) groups is 2. The van der Waals surface area contributed by atoms with Gasteiger partial charge in [0.2, 0.25) is 0 Å². The molecule has 30 heavy (non-hydrogen) atoms. The Kier molecular flexibility index (Phi) is 8.07. The summed E-state index contributed by atoms with van der Waals surface area (Å²) in [4.78, 5) is 35.0. The van der Waals surface area contributed by atoms with E-state index in [9.17, 15) is 23.3 Å². The van der Waals surface area contributed by atoms with E-state index in [1.54, 1.807) is 25.1 Å². The van der Waals surface area contributed by atoms with Gasteiger partial charge < -0.3 is 20.5 Å². The first-order valence-electron chi connectivity index (χ1n) is 9.00. The first-order valence-corrected chi connectivity index (χ1v) is 9.00. The van der Waals surface area contributed by atoms with Gasteiger partial charge in [-0.25, -0.2) is 8.78 Å². The predicted molar refractivity (Wildman–Crippen MR) is 106 cm³/mol. The van der Waals surface area contributed by atoms with Gasteiger partial charge in [-0.3, -0.25) is 9.59 Å². The highest BCUT2D eigenvalue weighted by molar-refractivity contribution is 6.04. The van der Waals surface area contributed by atoms with E-state index in [0.29, 0.717) is 11.3 Å². The highest BCUT2D eigenvalue weighted by atomic mass is 19.2. The number of nitrogens with zero attached hydrogens (tertiary/aromatic N) is 1. The van der Waals surface area contributed by atoms with Crippen molar-refractivity contribution in [3.63, 3.8) is 0 Å². The number of halogens is 2. The van der Waals surface area contributed by atoms with Crippen LogP contribution in [0.3, 0.4) is 0 Å². The molecule has 0 aliphatic heterocycles. The SMILES string of the molecule is Cc1ccc(Nc2c(C(=O)N=O)cc(C(=O)NCCOCCO)c(F)c2F)c(C)c1. The van der Waals surface area contributed by atoms with E-state index in [2.05, 4.69) is 15.8 Å². The maximum absolute atomic E-state index is 14.8. The summed E-state index contributed by atoms with van der Waals surface area (Å²) in [6.45, 7) is 3.42. The van der Waals surface area contributed by atoms with Crippen LogP contribution in [-0.4, -0.2) is 43.3 Å². The highest BCUT2D eigenvalue weighted by Gasteiger charge is 2.26. The largest absolute Gasteiger partial charge is 0.394 e. The van der Waals surface area contributed by atoms with Crippen LogP contribution in [0.15, 0.2) is 29.4 Å². The first-order chi connectivity index (χ1) is 14.3. The van der Waals surface area contributed by atoms with Crippen molar-refractivity contribution in [2.75, 3.05) is 31.7 Å². The van der Waals surface area contributed by atoms with Gasteiger partial charge in [-0.1, -0.05) is 17.7 Å². The summed E-state index contributed by atoms with van der Waals surface area (Å²) >= 11 is 0. The molecule has 0 heterocycles. The zero-order chi connectivity index (χ0) is 22.3. The molecule has 0 saturated carbocycles. The van der Waals surface area contributed by atoms with Crippen LogP contribution in [0.1, 0.15) is 31.8 Å². The molecule has 0 aliphatic rings. The summed E-state index contributed by atoms with van der Waals surface area (Å²) in [6.07, 6.45) is 0. The van der Waals surface area contributed by atoms with Crippen molar-refractivity contribution in [2.24, 2.45) is 5.18 Å². The Morgan fingerprint density at radius 2 is 1.83 bits per heavy atom. The summed E-state index contributed by atoms with van der Waals surface area (Å²) in [5.74, 6) is -5.34. The Morgan fingerprint density at radius 3 is 2.47 bits per heavy atom. The number of aryl methyl sites for hydroxylation is 2. The van der Waals surface area contributed by atoms with Crippen molar-refractivity contribution in [1.82, 2.24) is 5.32 Å². The van der Waals surface area contributed by atoms with E-state index >= 15 is 0 Å². The molecular formula is C20H21F2N3O5. The second kappa shape index (κ2) is 10.5. The molecule has 0 fully saturated rings. The average molecular weight is 421 g/mol. The predicted octanol–water partition coefficient (Wildman–Crippen LogP) is 2.97. The standard InChI is InChI=1S/C20H21F2N3O5/c1-11-3-4-15(12(2)9-11)24-18-14(20(28)25-29)10-13(16(21)17(18)22)19(27)23-5-7-30-8-6-26/h3-4,9-10,24,26H,5-8H2,1-2H3,(H,23,27). The van der Waals surface area contributed by atoms with Crippen molar-refractivity contribution in [1.29, 1.82) is 0 Å². The molecular weight excluding hydrogens is 400 g/mol. The molecule has 0 aliphatic carbocycles. The lowest BCUT2D eigenvalue weighted by molar-refractivity contribution is 0.0835. The number of carbonyl (C=O) groups excluding carboxylic acids is 2. The van der Waals surface area contributed by atoms with Gasteiger partial charge in [0.15, 0.2) is 11.6 Å². The Hall–Kier alpha value is -3.24. The van der Waals surface area contributed by atoms with Gasteiger partial charge in [-0.15, -0.1) is 4.91 Å². The summed E-state index contributed by atoms with van der Waals surface area (Å²) < 4.78 is 34.4. The third kappa shape index (κ3) is 5.43. The number of nitrogens with one attached hydrogen (secondary N) is 2. The van der Waals surface area contributed by atoms with Crippen LogP contribution in [0.4, 0.5) is 20.2 Å².